The molecule has 0 aromatic heterocycles. The molecule has 2 N–H and O–H groups in total. The summed E-state index contributed by atoms with van der Waals surface area (Å²) in [6, 6.07) is 20.4. The van der Waals surface area contributed by atoms with Gasteiger partial charge >= 0.3 is 0 Å². The standard InChI is InChI=1S/C31H41N3O3/c1-30(2,32)27(35)20-25(17-10-14-23-12-6-4-7-13-23)28(36)34-19-11-18-31(22-34)26(21-33(3)29(31)37)24-15-8-5-9-16-24/h4-9,12-13,15-16,25-26H,10-11,14,17-22,32H2,1-3H3/t25-,26?,31?/m0/s1. The molecule has 3 atom stereocenters. The van der Waals surface area contributed by atoms with E-state index in [1.54, 1.807) is 13.8 Å². The smallest absolute Gasteiger partial charge is 0.231 e. The Hall–Kier alpha value is -2.99. The second-order valence-corrected chi connectivity index (χ2v) is 11.6. The highest BCUT2D eigenvalue weighted by molar-refractivity contribution is 5.92. The summed E-state index contributed by atoms with van der Waals surface area (Å²) in [5.74, 6) is -0.379. The molecule has 0 saturated carbocycles. The number of likely N-dealkylation sites (N-methyl/N-ethyl adjacent to an activating group) is 1. The summed E-state index contributed by atoms with van der Waals surface area (Å²) in [5.41, 5.74) is 6.88. The van der Waals surface area contributed by atoms with Crippen molar-refractivity contribution in [1.82, 2.24) is 9.80 Å². The fraction of sp³-hybridized carbons (Fsp3) is 0.516. The topological polar surface area (TPSA) is 83.7 Å². The second kappa shape index (κ2) is 11.2. The van der Waals surface area contributed by atoms with Crippen molar-refractivity contribution >= 4 is 17.6 Å². The lowest BCUT2D eigenvalue weighted by molar-refractivity contribution is -0.147. The summed E-state index contributed by atoms with van der Waals surface area (Å²) in [6.45, 7) is 5.09. The summed E-state index contributed by atoms with van der Waals surface area (Å²) in [4.78, 5) is 44.2. The molecule has 2 unspecified atom stereocenters. The Morgan fingerprint density at radius 2 is 1.73 bits per heavy atom. The number of benzene rings is 2. The zero-order valence-corrected chi connectivity index (χ0v) is 22.5. The molecule has 2 aromatic carbocycles. The molecular formula is C31H41N3O3. The predicted octanol–water partition coefficient (Wildman–Crippen LogP) is 4.19. The average molecular weight is 504 g/mol. The van der Waals surface area contributed by atoms with Crippen LogP contribution in [0, 0.1) is 11.3 Å². The van der Waals surface area contributed by atoms with Crippen LogP contribution in [0.3, 0.4) is 0 Å². The van der Waals surface area contributed by atoms with Gasteiger partial charge in [0, 0.05) is 44.9 Å². The molecule has 198 valence electrons. The number of piperidine rings is 1. The quantitative estimate of drug-likeness (QED) is 0.556. The molecule has 6 nitrogen and oxygen atoms in total. The third kappa shape index (κ3) is 5.96. The van der Waals surface area contributed by atoms with Crippen LogP contribution in [0.25, 0.3) is 0 Å². The molecule has 6 heteroatoms. The Balaban J connectivity index is 1.54. The van der Waals surface area contributed by atoms with E-state index in [9.17, 15) is 14.4 Å². The minimum Gasteiger partial charge on any atom is -0.345 e. The van der Waals surface area contributed by atoms with Crippen molar-refractivity contribution in [2.45, 2.75) is 63.8 Å². The number of ketones is 1. The summed E-state index contributed by atoms with van der Waals surface area (Å²) < 4.78 is 0. The molecule has 1 spiro atoms. The number of carbonyl (C=O) groups is 3. The van der Waals surface area contributed by atoms with Crippen molar-refractivity contribution in [2.75, 3.05) is 26.7 Å². The van der Waals surface area contributed by atoms with Gasteiger partial charge in [-0.05, 0) is 57.1 Å². The fourth-order valence-electron chi connectivity index (χ4n) is 6.16. The van der Waals surface area contributed by atoms with E-state index >= 15 is 0 Å². The first-order chi connectivity index (χ1) is 17.6. The predicted molar refractivity (Wildman–Crippen MR) is 146 cm³/mol. The number of hydrogen-bond donors (Lipinski definition) is 1. The van der Waals surface area contributed by atoms with E-state index in [4.69, 9.17) is 5.73 Å². The molecule has 0 radical (unpaired) electrons. The molecular weight excluding hydrogens is 462 g/mol. The van der Waals surface area contributed by atoms with Crippen molar-refractivity contribution in [2.24, 2.45) is 17.1 Å². The van der Waals surface area contributed by atoms with Crippen LogP contribution in [0.4, 0.5) is 0 Å². The lowest BCUT2D eigenvalue weighted by Gasteiger charge is -2.43. The third-order valence-corrected chi connectivity index (χ3v) is 8.29. The largest absolute Gasteiger partial charge is 0.345 e. The maximum Gasteiger partial charge on any atom is 0.231 e. The van der Waals surface area contributed by atoms with Gasteiger partial charge in [0.1, 0.15) is 0 Å². The van der Waals surface area contributed by atoms with E-state index in [1.165, 1.54) is 5.56 Å². The van der Waals surface area contributed by atoms with Gasteiger partial charge in [-0.1, -0.05) is 60.7 Å². The van der Waals surface area contributed by atoms with Crippen molar-refractivity contribution in [3.05, 3.63) is 71.8 Å². The van der Waals surface area contributed by atoms with Crippen LogP contribution in [0.1, 0.15) is 63.0 Å². The number of aryl methyl sites for hydroxylation is 1. The first-order valence-corrected chi connectivity index (χ1v) is 13.6. The van der Waals surface area contributed by atoms with Gasteiger partial charge in [0.05, 0.1) is 11.0 Å². The highest BCUT2D eigenvalue weighted by atomic mass is 16.2. The molecule has 2 saturated heterocycles. The number of nitrogens with two attached hydrogens (primary N) is 1. The van der Waals surface area contributed by atoms with E-state index in [0.717, 1.165) is 31.2 Å². The summed E-state index contributed by atoms with van der Waals surface area (Å²) in [5, 5.41) is 0. The van der Waals surface area contributed by atoms with Crippen molar-refractivity contribution in [3.8, 4) is 0 Å². The Morgan fingerprint density at radius 1 is 1.08 bits per heavy atom. The molecule has 2 fully saturated rings. The van der Waals surface area contributed by atoms with Gasteiger partial charge in [-0.15, -0.1) is 0 Å². The summed E-state index contributed by atoms with van der Waals surface area (Å²) in [6.07, 6.45) is 3.97. The van der Waals surface area contributed by atoms with Crippen LogP contribution in [-0.4, -0.2) is 59.6 Å². The lowest BCUT2D eigenvalue weighted by Crippen LogP contribution is -2.53. The normalized spacial score (nSPS) is 22.9. The van der Waals surface area contributed by atoms with Crippen LogP contribution in [0.2, 0.25) is 0 Å². The first kappa shape index (κ1) is 27.1. The molecule has 2 aromatic rings. The molecule has 2 heterocycles. The SMILES string of the molecule is CN1CC(c2ccccc2)C2(CCCN(C(=O)[C@@H](CCCc3ccccc3)CC(=O)C(C)(C)N)C2)C1=O. The van der Waals surface area contributed by atoms with E-state index in [2.05, 4.69) is 24.3 Å². The molecule has 2 aliphatic rings. The molecule has 2 aliphatic heterocycles. The van der Waals surface area contributed by atoms with Crippen molar-refractivity contribution in [3.63, 3.8) is 0 Å². The van der Waals surface area contributed by atoms with E-state index in [0.29, 0.717) is 26.1 Å². The molecule has 37 heavy (non-hydrogen) atoms. The number of carbonyl (C=O) groups excluding carboxylic acids is 3. The first-order valence-electron chi connectivity index (χ1n) is 13.6. The van der Waals surface area contributed by atoms with Crippen LogP contribution in [-0.2, 0) is 20.8 Å². The number of hydrogen-bond acceptors (Lipinski definition) is 4. The van der Waals surface area contributed by atoms with Gasteiger partial charge < -0.3 is 15.5 Å². The van der Waals surface area contributed by atoms with Gasteiger partial charge in [0.2, 0.25) is 11.8 Å². The number of likely N-dealkylation sites (tertiary alicyclic amines) is 2. The molecule has 0 aliphatic carbocycles. The van der Waals surface area contributed by atoms with Gasteiger partial charge in [0.15, 0.2) is 5.78 Å². The monoisotopic (exact) mass is 503 g/mol. The van der Waals surface area contributed by atoms with Crippen molar-refractivity contribution in [1.29, 1.82) is 0 Å². The minimum atomic E-state index is -0.983. The van der Waals surface area contributed by atoms with E-state index < -0.39 is 16.9 Å². The van der Waals surface area contributed by atoms with Crippen LogP contribution in [0.5, 0.6) is 0 Å². The van der Waals surface area contributed by atoms with Crippen molar-refractivity contribution < 1.29 is 14.4 Å². The minimum absolute atomic E-state index is 0.0149. The maximum atomic E-state index is 14.0. The molecule has 2 amide bonds. The summed E-state index contributed by atoms with van der Waals surface area (Å²) in [7, 11) is 1.86. The second-order valence-electron chi connectivity index (χ2n) is 11.6. The third-order valence-electron chi connectivity index (χ3n) is 8.29. The van der Waals surface area contributed by atoms with Crippen LogP contribution < -0.4 is 5.73 Å². The van der Waals surface area contributed by atoms with E-state index in [-0.39, 0.29) is 29.9 Å². The summed E-state index contributed by atoms with van der Waals surface area (Å²) >= 11 is 0. The highest BCUT2D eigenvalue weighted by Crippen LogP contribution is 2.49. The Kier molecular flexibility index (Phi) is 8.17. The van der Waals surface area contributed by atoms with E-state index in [1.807, 2.05) is 53.2 Å². The van der Waals surface area contributed by atoms with Gasteiger partial charge in [-0.25, -0.2) is 0 Å². The zero-order chi connectivity index (χ0) is 26.6. The number of nitrogens with zero attached hydrogens (tertiary/aromatic N) is 2. The van der Waals surface area contributed by atoms with Crippen LogP contribution in [0.15, 0.2) is 60.7 Å². The van der Waals surface area contributed by atoms with Gasteiger partial charge in [0.25, 0.3) is 0 Å². The number of rotatable bonds is 9. The van der Waals surface area contributed by atoms with Gasteiger partial charge in [-0.3, -0.25) is 14.4 Å². The Bertz CT molecular complexity index is 1100. The average Bonchev–Trinajstić information content (AvgIpc) is 3.13. The van der Waals surface area contributed by atoms with Gasteiger partial charge in [-0.2, -0.15) is 0 Å². The zero-order valence-electron chi connectivity index (χ0n) is 22.5. The Labute approximate surface area is 221 Å². The lowest BCUT2D eigenvalue weighted by atomic mass is 9.68. The molecule has 4 rings (SSSR count). The van der Waals surface area contributed by atoms with Crippen LogP contribution >= 0.6 is 0 Å². The fourth-order valence-corrected chi connectivity index (χ4v) is 6.16. The number of Topliss-reactive ketones (excluding diaryl/α,β-unsaturated/α-hetero) is 1. The highest BCUT2D eigenvalue weighted by Gasteiger charge is 2.55. The maximum absolute atomic E-state index is 14.0. The number of amides is 2. The Morgan fingerprint density at radius 3 is 2.38 bits per heavy atom. The molecule has 0 bridgehead atoms.